The molecule has 0 spiro atoms. The Morgan fingerprint density at radius 2 is 2.04 bits per heavy atom. The molecule has 0 aliphatic carbocycles. The predicted molar refractivity (Wildman–Crippen MR) is 88.8 cm³/mol. The van der Waals surface area contributed by atoms with Gasteiger partial charge in [0.15, 0.2) is 0 Å². The Morgan fingerprint density at radius 3 is 2.75 bits per heavy atom. The molecular formula is C17H18N4O3. The van der Waals surface area contributed by atoms with Crippen LogP contribution >= 0.6 is 0 Å². The van der Waals surface area contributed by atoms with E-state index < -0.39 is 5.97 Å². The lowest BCUT2D eigenvalue weighted by Gasteiger charge is -2.15. The van der Waals surface area contributed by atoms with Gasteiger partial charge in [-0.05, 0) is 26.3 Å². The van der Waals surface area contributed by atoms with E-state index in [1.165, 1.54) is 0 Å². The third-order valence-corrected chi connectivity index (χ3v) is 3.57. The van der Waals surface area contributed by atoms with Crippen molar-refractivity contribution in [1.82, 2.24) is 15.1 Å². The molecule has 3 rings (SSSR count). The van der Waals surface area contributed by atoms with Crippen LogP contribution < -0.4 is 5.32 Å². The van der Waals surface area contributed by atoms with Gasteiger partial charge in [-0.2, -0.15) is 4.98 Å². The minimum Gasteiger partial charge on any atom is -0.461 e. The minimum atomic E-state index is -0.556. The van der Waals surface area contributed by atoms with Crippen molar-refractivity contribution in [3.05, 3.63) is 47.4 Å². The first-order chi connectivity index (χ1) is 11.6. The lowest BCUT2D eigenvalue weighted by Crippen LogP contribution is -2.11. The van der Waals surface area contributed by atoms with Crippen LogP contribution in [0.15, 0.2) is 34.9 Å². The van der Waals surface area contributed by atoms with Gasteiger partial charge in [-0.15, -0.1) is 0 Å². The number of carbonyl (C=O) groups is 1. The molecule has 2 heterocycles. The Labute approximate surface area is 139 Å². The topological polar surface area (TPSA) is 90.1 Å². The molecule has 1 atom stereocenters. The number of anilines is 1. The fourth-order valence-electron chi connectivity index (χ4n) is 2.43. The van der Waals surface area contributed by atoms with Gasteiger partial charge < -0.3 is 14.6 Å². The first-order valence-corrected chi connectivity index (χ1v) is 7.72. The maximum absolute atomic E-state index is 12.1. The maximum Gasteiger partial charge on any atom is 0.361 e. The first kappa shape index (κ1) is 15.9. The van der Waals surface area contributed by atoms with Crippen molar-refractivity contribution in [2.75, 3.05) is 11.9 Å². The van der Waals surface area contributed by atoms with Gasteiger partial charge in [0.2, 0.25) is 5.69 Å². The van der Waals surface area contributed by atoms with Crippen LogP contribution in [0.25, 0.3) is 11.1 Å². The van der Waals surface area contributed by atoms with E-state index in [9.17, 15) is 4.79 Å². The van der Waals surface area contributed by atoms with E-state index in [0.717, 1.165) is 5.56 Å². The number of hydrogen-bond acceptors (Lipinski definition) is 7. The molecular weight excluding hydrogens is 308 g/mol. The van der Waals surface area contributed by atoms with Crippen molar-refractivity contribution >= 4 is 22.9 Å². The van der Waals surface area contributed by atoms with Gasteiger partial charge in [-0.1, -0.05) is 35.5 Å². The highest BCUT2D eigenvalue weighted by Crippen LogP contribution is 2.28. The van der Waals surface area contributed by atoms with Crippen molar-refractivity contribution in [2.45, 2.75) is 26.8 Å². The average Bonchev–Trinajstić information content (AvgIpc) is 2.99. The second kappa shape index (κ2) is 6.66. The molecule has 0 radical (unpaired) electrons. The molecule has 7 heteroatoms. The fourth-order valence-corrected chi connectivity index (χ4v) is 2.43. The monoisotopic (exact) mass is 326 g/mol. The molecule has 0 saturated carbocycles. The van der Waals surface area contributed by atoms with Crippen LogP contribution in [-0.2, 0) is 4.74 Å². The Bertz CT molecular complexity index is 861. The fraction of sp³-hybridized carbons (Fsp3) is 0.294. The van der Waals surface area contributed by atoms with Crippen molar-refractivity contribution in [3.8, 4) is 0 Å². The quantitative estimate of drug-likeness (QED) is 0.719. The lowest BCUT2D eigenvalue weighted by molar-refractivity contribution is 0.0517. The average molecular weight is 326 g/mol. The number of benzene rings is 1. The van der Waals surface area contributed by atoms with E-state index in [-0.39, 0.29) is 24.1 Å². The third kappa shape index (κ3) is 3.05. The van der Waals surface area contributed by atoms with Gasteiger partial charge in [-0.25, -0.2) is 9.78 Å². The molecule has 0 aliphatic heterocycles. The smallest absolute Gasteiger partial charge is 0.361 e. The number of ether oxygens (including phenoxy) is 1. The van der Waals surface area contributed by atoms with Gasteiger partial charge in [0.25, 0.3) is 5.71 Å². The van der Waals surface area contributed by atoms with E-state index in [4.69, 9.17) is 9.26 Å². The SMILES string of the molecule is CCOC(=O)c1noc2nc(C)nc(N[C@H](C)c3ccccc3)c12. The Kier molecular flexibility index (Phi) is 4.41. The highest BCUT2D eigenvalue weighted by molar-refractivity contribution is 6.04. The number of aromatic nitrogens is 3. The summed E-state index contributed by atoms with van der Waals surface area (Å²) in [5.41, 5.74) is 1.43. The summed E-state index contributed by atoms with van der Waals surface area (Å²) in [4.78, 5) is 20.7. The molecule has 1 aromatic carbocycles. The third-order valence-electron chi connectivity index (χ3n) is 3.57. The van der Waals surface area contributed by atoms with E-state index in [0.29, 0.717) is 17.0 Å². The summed E-state index contributed by atoms with van der Waals surface area (Å²) in [5.74, 6) is 0.467. The molecule has 1 N–H and O–H groups in total. The van der Waals surface area contributed by atoms with Gasteiger partial charge in [0.05, 0.1) is 6.61 Å². The molecule has 0 bridgehead atoms. The number of carbonyl (C=O) groups excluding carboxylic acids is 1. The van der Waals surface area contributed by atoms with E-state index in [1.54, 1.807) is 13.8 Å². The summed E-state index contributed by atoms with van der Waals surface area (Å²) in [5, 5.41) is 7.54. The normalized spacial score (nSPS) is 12.1. The Balaban J connectivity index is 2.03. The molecule has 124 valence electrons. The standard InChI is InChI=1S/C17H18N4O3/c1-4-23-17(22)14-13-15(19-11(3)20-16(13)24-21-14)18-10(2)12-8-6-5-7-9-12/h5-10H,4H2,1-3H3,(H,18,19,20)/t10-/m1/s1. The van der Waals surface area contributed by atoms with Crippen LogP contribution in [0.3, 0.4) is 0 Å². The Hall–Kier alpha value is -2.96. The van der Waals surface area contributed by atoms with Crippen LogP contribution in [-0.4, -0.2) is 27.7 Å². The summed E-state index contributed by atoms with van der Waals surface area (Å²) in [6.45, 7) is 5.75. The zero-order chi connectivity index (χ0) is 17.1. The molecule has 7 nitrogen and oxygen atoms in total. The van der Waals surface area contributed by atoms with Crippen LogP contribution in [0, 0.1) is 6.92 Å². The molecule has 3 aromatic rings. The number of nitrogens with zero attached hydrogens (tertiary/aromatic N) is 3. The maximum atomic E-state index is 12.1. The van der Waals surface area contributed by atoms with Crippen LogP contribution in [0.5, 0.6) is 0 Å². The number of nitrogens with one attached hydrogen (secondary N) is 1. The number of hydrogen-bond donors (Lipinski definition) is 1. The highest BCUT2D eigenvalue weighted by Gasteiger charge is 2.23. The van der Waals surface area contributed by atoms with Crippen LogP contribution in [0.2, 0.25) is 0 Å². The van der Waals surface area contributed by atoms with Crippen molar-refractivity contribution < 1.29 is 14.1 Å². The second-order valence-corrected chi connectivity index (χ2v) is 5.33. The van der Waals surface area contributed by atoms with Crippen molar-refractivity contribution in [3.63, 3.8) is 0 Å². The molecule has 0 amide bonds. The lowest BCUT2D eigenvalue weighted by atomic mass is 10.1. The molecule has 0 fully saturated rings. The second-order valence-electron chi connectivity index (χ2n) is 5.33. The van der Waals surface area contributed by atoms with E-state index in [2.05, 4.69) is 20.4 Å². The van der Waals surface area contributed by atoms with Crippen LogP contribution in [0.1, 0.15) is 41.8 Å². The number of esters is 1. The summed E-state index contributed by atoms with van der Waals surface area (Å²) < 4.78 is 10.2. The van der Waals surface area contributed by atoms with Gasteiger partial charge >= 0.3 is 5.97 Å². The minimum absolute atomic E-state index is 0.0198. The van der Waals surface area contributed by atoms with E-state index >= 15 is 0 Å². The molecule has 0 unspecified atom stereocenters. The van der Waals surface area contributed by atoms with Crippen LogP contribution in [0.4, 0.5) is 5.82 Å². The van der Waals surface area contributed by atoms with Gasteiger partial charge in [0.1, 0.15) is 17.0 Å². The highest BCUT2D eigenvalue weighted by atomic mass is 16.5. The molecule has 0 aliphatic rings. The van der Waals surface area contributed by atoms with Gasteiger partial charge in [-0.3, -0.25) is 0 Å². The number of fused-ring (bicyclic) bond motifs is 1. The zero-order valence-electron chi connectivity index (χ0n) is 13.7. The number of rotatable bonds is 5. The summed E-state index contributed by atoms with van der Waals surface area (Å²) >= 11 is 0. The summed E-state index contributed by atoms with van der Waals surface area (Å²) in [6.07, 6.45) is 0. The predicted octanol–water partition coefficient (Wildman–Crippen LogP) is 3.28. The summed E-state index contributed by atoms with van der Waals surface area (Å²) in [7, 11) is 0. The zero-order valence-corrected chi connectivity index (χ0v) is 13.7. The largest absolute Gasteiger partial charge is 0.461 e. The molecule has 24 heavy (non-hydrogen) atoms. The Morgan fingerprint density at radius 1 is 1.29 bits per heavy atom. The summed E-state index contributed by atoms with van der Waals surface area (Å²) in [6, 6.07) is 9.91. The molecule has 0 saturated heterocycles. The molecule has 2 aromatic heterocycles. The van der Waals surface area contributed by atoms with Crippen molar-refractivity contribution in [1.29, 1.82) is 0 Å². The number of aryl methyl sites for hydroxylation is 1. The van der Waals surface area contributed by atoms with Gasteiger partial charge in [0, 0.05) is 6.04 Å². The first-order valence-electron chi connectivity index (χ1n) is 7.72. The van der Waals surface area contributed by atoms with Crippen molar-refractivity contribution in [2.24, 2.45) is 0 Å². The van der Waals surface area contributed by atoms with E-state index in [1.807, 2.05) is 37.3 Å².